The van der Waals surface area contributed by atoms with Crippen molar-refractivity contribution < 1.29 is 9.31 Å². The lowest BCUT2D eigenvalue weighted by molar-refractivity contribution is -0.577. The molecule has 5 aromatic rings. The Morgan fingerprint density at radius 3 is 2.73 bits per heavy atom. The van der Waals surface area contributed by atoms with Gasteiger partial charge in [-0.2, -0.15) is 0 Å². The summed E-state index contributed by atoms with van der Waals surface area (Å²) in [7, 11) is 0. The molecule has 1 atom stereocenters. The van der Waals surface area contributed by atoms with Crippen LogP contribution in [-0.2, 0) is 0 Å². The van der Waals surface area contributed by atoms with Crippen molar-refractivity contribution >= 4 is 28.3 Å². The van der Waals surface area contributed by atoms with Crippen LogP contribution >= 0.6 is 0 Å². The molecule has 3 heterocycles. The average Bonchev–Trinajstić information content (AvgIpc) is 3.32. The molecule has 1 aliphatic carbocycles. The number of nitrogens with two attached hydrogens (primary N) is 1. The van der Waals surface area contributed by atoms with Gasteiger partial charge in [-0.3, -0.25) is 14.2 Å². The zero-order valence-corrected chi connectivity index (χ0v) is 22.2. The molecular weight excluding hydrogens is 502 g/mol. The van der Waals surface area contributed by atoms with Crippen LogP contribution in [0.4, 0.5) is 5.82 Å². The number of hydrogen-bond acceptors (Lipinski definition) is 5. The number of aromatic amines is 1. The summed E-state index contributed by atoms with van der Waals surface area (Å²) in [5, 5.41) is 6.37. The number of para-hydroxylation sites is 1. The molecule has 0 saturated heterocycles. The second kappa shape index (κ2) is 10.7. The van der Waals surface area contributed by atoms with E-state index in [1.54, 1.807) is 34.5 Å². The quantitative estimate of drug-likeness (QED) is 0.240. The van der Waals surface area contributed by atoms with Gasteiger partial charge in [0, 0.05) is 17.5 Å². The molecule has 1 unspecified atom stereocenters. The minimum absolute atomic E-state index is 0.191. The molecule has 3 aromatic heterocycles. The Morgan fingerprint density at radius 2 is 1.93 bits per heavy atom. The van der Waals surface area contributed by atoms with Crippen molar-refractivity contribution in [2.75, 3.05) is 5.73 Å². The number of anilines is 1. The lowest BCUT2D eigenvalue weighted by Crippen LogP contribution is -2.34. The zero-order chi connectivity index (χ0) is 27.6. The van der Waals surface area contributed by atoms with Crippen LogP contribution in [0.1, 0.15) is 66.8 Å². The number of nitrogen functional groups attached to an aromatic ring is 1. The minimum atomic E-state index is -0.639. The van der Waals surface area contributed by atoms with Gasteiger partial charge in [-0.1, -0.05) is 55.4 Å². The maximum absolute atomic E-state index is 14.2. The third-order valence-corrected chi connectivity index (χ3v) is 7.40. The highest BCUT2D eigenvalue weighted by molar-refractivity contribution is 6.03. The Morgan fingerprint density at radius 1 is 1.12 bits per heavy atom. The predicted octanol–water partition coefficient (Wildman–Crippen LogP) is 3.85. The molecule has 6 rings (SSSR count). The van der Waals surface area contributed by atoms with Gasteiger partial charge < -0.3 is 11.1 Å². The van der Waals surface area contributed by atoms with Gasteiger partial charge >= 0.3 is 5.65 Å². The first-order valence-corrected chi connectivity index (χ1v) is 13.6. The Hall–Kier alpha value is -4.97. The van der Waals surface area contributed by atoms with Crippen molar-refractivity contribution in [2.45, 2.75) is 45.1 Å². The molecule has 200 valence electrons. The van der Waals surface area contributed by atoms with Gasteiger partial charge in [0.15, 0.2) is 11.4 Å². The highest BCUT2D eigenvalue weighted by Gasteiger charge is 2.27. The van der Waals surface area contributed by atoms with Gasteiger partial charge in [-0.25, -0.2) is 10.1 Å². The molecule has 1 fully saturated rings. The Bertz CT molecular complexity index is 1840. The Balaban J connectivity index is 1.45. The van der Waals surface area contributed by atoms with Crippen LogP contribution in [0.15, 0.2) is 71.8 Å². The third-order valence-electron chi connectivity index (χ3n) is 7.40. The van der Waals surface area contributed by atoms with Gasteiger partial charge in [0.1, 0.15) is 18.2 Å². The third kappa shape index (κ3) is 4.69. The molecule has 4 N–H and O–H groups in total. The van der Waals surface area contributed by atoms with E-state index in [1.807, 2.05) is 48.5 Å². The normalized spacial score (nSPS) is 14.5. The van der Waals surface area contributed by atoms with E-state index in [-0.39, 0.29) is 16.9 Å². The van der Waals surface area contributed by atoms with E-state index < -0.39 is 11.9 Å². The number of nitrogens with zero attached hydrogens (tertiary/aromatic N) is 4. The zero-order valence-electron chi connectivity index (χ0n) is 22.2. The van der Waals surface area contributed by atoms with E-state index >= 15 is 0 Å². The fourth-order valence-electron chi connectivity index (χ4n) is 5.40. The van der Waals surface area contributed by atoms with E-state index in [1.165, 1.54) is 19.3 Å². The number of nitrogens with one attached hydrogen (secondary N) is 2. The minimum Gasteiger partial charge on any atom is -0.382 e. The number of hydrogen-bond donors (Lipinski definition) is 3. The number of aromatic nitrogens is 5. The molecule has 0 aliphatic heterocycles. The maximum atomic E-state index is 14.2. The number of rotatable bonds is 4. The van der Waals surface area contributed by atoms with Crippen molar-refractivity contribution in [1.82, 2.24) is 25.0 Å². The average molecular weight is 533 g/mol. The molecule has 1 saturated carbocycles. The van der Waals surface area contributed by atoms with Crippen LogP contribution in [0, 0.1) is 17.8 Å². The largest absolute Gasteiger partial charge is 0.382 e. The summed E-state index contributed by atoms with van der Waals surface area (Å²) in [6.45, 7) is 1.79. The van der Waals surface area contributed by atoms with E-state index in [4.69, 9.17) is 10.7 Å². The van der Waals surface area contributed by atoms with Crippen LogP contribution in [0.5, 0.6) is 0 Å². The van der Waals surface area contributed by atoms with Crippen LogP contribution in [-0.4, -0.2) is 25.5 Å². The highest BCUT2D eigenvalue weighted by Crippen LogP contribution is 2.24. The van der Waals surface area contributed by atoms with Crippen molar-refractivity contribution in [3.05, 3.63) is 94.3 Å². The fraction of sp³-hybridized carbons (Fsp3) is 0.258. The standard InChI is InChI=1S/C31H29N7O2/c1-20(34-30(39)26-27(32)36-37-19-9-18-33-29(26)37)28-35-24-15-8-12-22(17-16-21-10-4-2-5-11-21)25(24)31(40)38(28)23-13-6-3-7-14-23/h3,6-9,12-15,18-21H,2,4-5,10-11H2,1H3,(H3,32,34,36,39)/p+1. The molecule has 40 heavy (non-hydrogen) atoms. The number of amides is 1. The first-order chi connectivity index (χ1) is 19.5. The summed E-state index contributed by atoms with van der Waals surface area (Å²) in [5.41, 5.74) is 8.37. The van der Waals surface area contributed by atoms with Crippen molar-refractivity contribution in [3.63, 3.8) is 0 Å². The second-order valence-corrected chi connectivity index (χ2v) is 10.2. The molecule has 1 amide bonds. The first-order valence-electron chi connectivity index (χ1n) is 13.6. The smallest absolute Gasteiger partial charge is 0.362 e. The van der Waals surface area contributed by atoms with Gasteiger partial charge in [0.25, 0.3) is 11.5 Å². The van der Waals surface area contributed by atoms with Crippen LogP contribution in [0.2, 0.25) is 0 Å². The Kier molecular flexibility index (Phi) is 6.74. The summed E-state index contributed by atoms with van der Waals surface area (Å²) >= 11 is 0. The Labute approximate surface area is 231 Å². The van der Waals surface area contributed by atoms with Gasteiger partial charge in [0.2, 0.25) is 0 Å². The van der Waals surface area contributed by atoms with E-state index in [2.05, 4.69) is 27.2 Å². The first kappa shape index (κ1) is 25.3. The van der Waals surface area contributed by atoms with E-state index in [9.17, 15) is 9.59 Å². The fourth-order valence-corrected chi connectivity index (χ4v) is 5.40. The van der Waals surface area contributed by atoms with Crippen molar-refractivity contribution in [1.29, 1.82) is 0 Å². The second-order valence-electron chi connectivity index (χ2n) is 10.2. The SMILES string of the molecule is CC(NC(=O)c1c(N)[nH][n+]2cccnc12)c1nc2cccc(C#CC3CCCCC3)c2c(=O)n1-c1ccccc1. The lowest BCUT2D eigenvalue weighted by Gasteiger charge is -2.20. The lowest BCUT2D eigenvalue weighted by atomic mass is 9.89. The van der Waals surface area contributed by atoms with E-state index in [0.29, 0.717) is 39.5 Å². The molecule has 9 heteroatoms. The predicted molar refractivity (Wildman–Crippen MR) is 153 cm³/mol. The maximum Gasteiger partial charge on any atom is 0.362 e. The molecule has 1 aliphatic rings. The number of H-pyrrole nitrogens is 1. The van der Waals surface area contributed by atoms with Gasteiger partial charge in [-0.05, 0) is 49.0 Å². The number of benzene rings is 2. The highest BCUT2D eigenvalue weighted by atomic mass is 16.2. The van der Waals surface area contributed by atoms with Gasteiger partial charge in [-0.15, -0.1) is 4.52 Å². The van der Waals surface area contributed by atoms with Crippen LogP contribution < -0.4 is 21.1 Å². The van der Waals surface area contributed by atoms with Crippen LogP contribution in [0.25, 0.3) is 22.2 Å². The number of carbonyl (C=O) groups is 1. The van der Waals surface area contributed by atoms with E-state index in [0.717, 1.165) is 12.8 Å². The molecule has 2 aromatic carbocycles. The van der Waals surface area contributed by atoms with Crippen LogP contribution in [0.3, 0.4) is 0 Å². The number of fused-ring (bicyclic) bond motifs is 2. The summed E-state index contributed by atoms with van der Waals surface area (Å²) < 4.78 is 3.14. The molecule has 0 bridgehead atoms. The van der Waals surface area contributed by atoms with Crippen molar-refractivity contribution in [2.24, 2.45) is 5.92 Å². The van der Waals surface area contributed by atoms with Crippen molar-refractivity contribution in [3.8, 4) is 17.5 Å². The summed E-state index contributed by atoms with van der Waals surface area (Å²) in [6, 6.07) is 16.0. The topological polar surface area (TPSA) is 123 Å². The molecule has 0 spiro atoms. The van der Waals surface area contributed by atoms with Gasteiger partial charge in [0.05, 0.1) is 22.6 Å². The summed E-state index contributed by atoms with van der Waals surface area (Å²) in [4.78, 5) is 36.8. The molecule has 0 radical (unpaired) electrons. The molecule has 9 nitrogen and oxygen atoms in total. The molecular formula is C31H30N7O2+. The summed E-state index contributed by atoms with van der Waals surface area (Å²) in [5.74, 6) is 7.22. The number of carbonyl (C=O) groups excluding carboxylic acids is 1. The summed E-state index contributed by atoms with van der Waals surface area (Å²) in [6.07, 6.45) is 9.17. The monoisotopic (exact) mass is 532 g/mol.